The lowest BCUT2D eigenvalue weighted by molar-refractivity contribution is 0.288. The molecule has 1 heterocycles. The van der Waals surface area contributed by atoms with Gasteiger partial charge in [-0.25, -0.2) is 4.98 Å². The molecular formula is C15H20N2O2S. The van der Waals surface area contributed by atoms with E-state index in [0.29, 0.717) is 13.2 Å². The fraction of sp³-hybridized carbons (Fsp3) is 0.400. The summed E-state index contributed by atoms with van der Waals surface area (Å²) in [6.07, 6.45) is 0. The number of thiazole rings is 1. The summed E-state index contributed by atoms with van der Waals surface area (Å²) < 4.78 is 11.2. The van der Waals surface area contributed by atoms with E-state index in [1.807, 2.05) is 37.6 Å². The van der Waals surface area contributed by atoms with Crippen LogP contribution in [0.2, 0.25) is 0 Å². The van der Waals surface area contributed by atoms with Crippen LogP contribution in [0.3, 0.4) is 0 Å². The van der Waals surface area contributed by atoms with Crippen LogP contribution in [0.15, 0.2) is 29.1 Å². The lowest BCUT2D eigenvalue weighted by Crippen LogP contribution is -2.07. The number of ether oxygens (including phenoxy) is 2. The van der Waals surface area contributed by atoms with E-state index in [9.17, 15) is 0 Å². The number of aromatic nitrogens is 1. The highest BCUT2D eigenvalue weighted by Gasteiger charge is 2.10. The average Bonchev–Trinajstić information content (AvgIpc) is 2.96. The van der Waals surface area contributed by atoms with Gasteiger partial charge >= 0.3 is 0 Å². The maximum Gasteiger partial charge on any atom is 0.163 e. The summed E-state index contributed by atoms with van der Waals surface area (Å²) in [4.78, 5) is 4.32. The zero-order valence-electron chi connectivity index (χ0n) is 12.1. The van der Waals surface area contributed by atoms with Crippen molar-refractivity contribution >= 4 is 17.0 Å². The molecule has 108 valence electrons. The molecule has 2 aromatic rings. The molecule has 0 aliphatic heterocycles. The van der Waals surface area contributed by atoms with Gasteiger partial charge in [0.15, 0.2) is 11.5 Å². The Hall–Kier alpha value is -1.75. The minimum absolute atomic E-state index is 0.161. The second kappa shape index (κ2) is 7.14. The normalized spacial score (nSPS) is 11.9. The molecule has 0 saturated carbocycles. The summed E-state index contributed by atoms with van der Waals surface area (Å²) in [7, 11) is 0. The summed E-state index contributed by atoms with van der Waals surface area (Å²) in [5.74, 6) is 1.55. The van der Waals surface area contributed by atoms with E-state index in [2.05, 4.69) is 22.6 Å². The second-order valence-electron chi connectivity index (χ2n) is 4.31. The lowest BCUT2D eigenvalue weighted by atomic mass is 10.2. The number of hydrogen-bond acceptors (Lipinski definition) is 5. The van der Waals surface area contributed by atoms with E-state index in [-0.39, 0.29) is 6.04 Å². The Morgan fingerprint density at radius 3 is 2.60 bits per heavy atom. The van der Waals surface area contributed by atoms with Crippen molar-refractivity contribution in [2.75, 3.05) is 18.5 Å². The topological polar surface area (TPSA) is 43.4 Å². The zero-order valence-corrected chi connectivity index (χ0v) is 12.9. The van der Waals surface area contributed by atoms with Crippen molar-refractivity contribution in [2.45, 2.75) is 26.8 Å². The van der Waals surface area contributed by atoms with Crippen LogP contribution in [-0.2, 0) is 0 Å². The zero-order chi connectivity index (χ0) is 14.4. The Morgan fingerprint density at radius 1 is 1.20 bits per heavy atom. The van der Waals surface area contributed by atoms with Gasteiger partial charge in [0.05, 0.1) is 30.5 Å². The van der Waals surface area contributed by atoms with Gasteiger partial charge in [-0.05, 0) is 32.9 Å². The van der Waals surface area contributed by atoms with Gasteiger partial charge in [-0.3, -0.25) is 0 Å². The average molecular weight is 292 g/mol. The van der Waals surface area contributed by atoms with Gasteiger partial charge in [-0.2, -0.15) is 0 Å². The third kappa shape index (κ3) is 3.63. The van der Waals surface area contributed by atoms with Gasteiger partial charge in [0.1, 0.15) is 0 Å². The first-order valence-electron chi connectivity index (χ1n) is 6.78. The third-order valence-electron chi connectivity index (χ3n) is 2.82. The second-order valence-corrected chi connectivity index (χ2v) is 5.03. The molecule has 4 nitrogen and oxygen atoms in total. The van der Waals surface area contributed by atoms with Crippen LogP contribution in [0.4, 0.5) is 5.69 Å². The molecule has 0 spiro atoms. The summed E-state index contributed by atoms with van der Waals surface area (Å²) in [6.45, 7) is 7.26. The number of hydrogen-bond donors (Lipinski definition) is 1. The van der Waals surface area contributed by atoms with Crippen molar-refractivity contribution in [3.8, 4) is 11.5 Å². The molecule has 0 amide bonds. The molecule has 0 fully saturated rings. The number of rotatable bonds is 7. The number of nitrogens with one attached hydrogen (secondary N) is 1. The first kappa shape index (κ1) is 14.7. The Bertz CT molecular complexity index is 529. The van der Waals surface area contributed by atoms with Gasteiger partial charge in [-0.15, -0.1) is 11.3 Å². The van der Waals surface area contributed by atoms with Crippen LogP contribution in [-0.4, -0.2) is 18.2 Å². The minimum atomic E-state index is 0.161. The van der Waals surface area contributed by atoms with Gasteiger partial charge in [-0.1, -0.05) is 0 Å². The Labute approximate surface area is 123 Å². The van der Waals surface area contributed by atoms with E-state index >= 15 is 0 Å². The van der Waals surface area contributed by atoms with Crippen molar-refractivity contribution in [1.29, 1.82) is 0 Å². The quantitative estimate of drug-likeness (QED) is 0.834. The molecular weight excluding hydrogens is 272 g/mol. The molecule has 0 bridgehead atoms. The van der Waals surface area contributed by atoms with Gasteiger partial charge in [0.25, 0.3) is 0 Å². The van der Waals surface area contributed by atoms with Crippen molar-refractivity contribution in [2.24, 2.45) is 0 Å². The van der Waals surface area contributed by atoms with Crippen molar-refractivity contribution in [3.63, 3.8) is 0 Å². The summed E-state index contributed by atoms with van der Waals surface area (Å²) >= 11 is 1.60. The first-order chi connectivity index (χ1) is 9.74. The Kier molecular flexibility index (Phi) is 5.24. The molecule has 0 radical (unpaired) electrons. The fourth-order valence-corrected chi connectivity index (χ4v) is 2.55. The smallest absolute Gasteiger partial charge is 0.163 e. The van der Waals surface area contributed by atoms with Gasteiger partial charge in [0, 0.05) is 17.1 Å². The molecule has 1 aromatic heterocycles. The van der Waals surface area contributed by atoms with Crippen molar-refractivity contribution in [3.05, 3.63) is 34.8 Å². The molecule has 1 N–H and O–H groups in total. The predicted molar refractivity (Wildman–Crippen MR) is 82.9 cm³/mol. The van der Waals surface area contributed by atoms with E-state index in [1.165, 1.54) is 0 Å². The maximum absolute atomic E-state index is 5.62. The van der Waals surface area contributed by atoms with Gasteiger partial charge in [0.2, 0.25) is 0 Å². The lowest BCUT2D eigenvalue weighted by Gasteiger charge is -2.16. The van der Waals surface area contributed by atoms with Crippen LogP contribution in [0, 0.1) is 0 Å². The van der Waals surface area contributed by atoms with Crippen LogP contribution < -0.4 is 14.8 Å². The number of benzene rings is 1. The highest BCUT2D eigenvalue weighted by atomic mass is 32.1. The maximum atomic E-state index is 5.62. The third-order valence-corrected chi connectivity index (χ3v) is 3.43. The Morgan fingerprint density at radius 2 is 1.95 bits per heavy atom. The molecule has 0 aliphatic rings. The highest BCUT2D eigenvalue weighted by molar-refractivity contribution is 7.07. The van der Waals surface area contributed by atoms with Crippen molar-refractivity contribution < 1.29 is 9.47 Å². The minimum Gasteiger partial charge on any atom is -0.490 e. The van der Waals surface area contributed by atoms with Crippen LogP contribution in [0.1, 0.15) is 32.5 Å². The summed E-state index contributed by atoms with van der Waals surface area (Å²) in [5, 5.41) is 5.47. The summed E-state index contributed by atoms with van der Waals surface area (Å²) in [5.41, 5.74) is 3.89. The molecule has 1 aromatic carbocycles. The largest absolute Gasteiger partial charge is 0.490 e. The molecule has 0 saturated heterocycles. The molecule has 20 heavy (non-hydrogen) atoms. The van der Waals surface area contributed by atoms with E-state index in [1.54, 1.807) is 11.3 Å². The molecule has 1 unspecified atom stereocenters. The number of anilines is 1. The fourth-order valence-electron chi connectivity index (χ4n) is 1.90. The van der Waals surface area contributed by atoms with Gasteiger partial charge < -0.3 is 14.8 Å². The van der Waals surface area contributed by atoms with Crippen LogP contribution in [0.25, 0.3) is 0 Å². The van der Waals surface area contributed by atoms with E-state index in [4.69, 9.17) is 9.47 Å². The summed E-state index contributed by atoms with van der Waals surface area (Å²) in [6, 6.07) is 6.06. The standard InChI is InChI=1S/C15H20N2O2S/c1-4-18-14-7-6-12(8-15(14)19-5-2)17-11(3)13-9-20-10-16-13/h6-11,17H,4-5H2,1-3H3. The molecule has 5 heteroatoms. The molecule has 1 atom stereocenters. The van der Waals surface area contributed by atoms with Crippen LogP contribution >= 0.6 is 11.3 Å². The number of nitrogens with zero attached hydrogens (tertiary/aromatic N) is 1. The molecule has 2 rings (SSSR count). The highest BCUT2D eigenvalue weighted by Crippen LogP contribution is 2.32. The van der Waals surface area contributed by atoms with Crippen LogP contribution in [0.5, 0.6) is 11.5 Å². The van der Waals surface area contributed by atoms with Crippen molar-refractivity contribution in [1.82, 2.24) is 4.98 Å². The monoisotopic (exact) mass is 292 g/mol. The first-order valence-corrected chi connectivity index (χ1v) is 7.73. The predicted octanol–water partition coefficient (Wildman–Crippen LogP) is 4.11. The SMILES string of the molecule is CCOc1ccc(NC(C)c2cscn2)cc1OCC. The molecule has 0 aliphatic carbocycles. The van der Waals surface area contributed by atoms with E-state index < -0.39 is 0 Å². The van der Waals surface area contributed by atoms with E-state index in [0.717, 1.165) is 22.9 Å². The Balaban J connectivity index is 2.13.